The summed E-state index contributed by atoms with van der Waals surface area (Å²) in [6.07, 6.45) is 7.30. The third-order valence-corrected chi connectivity index (χ3v) is 6.57. The van der Waals surface area contributed by atoms with Crippen molar-refractivity contribution >= 4 is 27.8 Å². The first-order valence-corrected chi connectivity index (χ1v) is 12.0. The Morgan fingerprint density at radius 2 is 2.14 bits per heavy atom. The lowest BCUT2D eigenvalue weighted by Gasteiger charge is -2.33. The van der Waals surface area contributed by atoms with Crippen molar-refractivity contribution in [3.05, 3.63) is 76.0 Å². The van der Waals surface area contributed by atoms with Crippen molar-refractivity contribution < 1.29 is 0 Å². The number of aromatic nitrogens is 4. The number of nitrogens with two attached hydrogens (primary N) is 1. The van der Waals surface area contributed by atoms with Crippen LogP contribution in [0.25, 0.3) is 21.9 Å². The molecule has 4 aromatic rings. The van der Waals surface area contributed by atoms with Crippen molar-refractivity contribution in [1.82, 2.24) is 19.1 Å². The Bertz CT molecular complexity index is 1540. The van der Waals surface area contributed by atoms with E-state index < -0.39 is 0 Å². The summed E-state index contributed by atoms with van der Waals surface area (Å²) < 4.78 is 3.57. The zero-order valence-corrected chi connectivity index (χ0v) is 20.1. The van der Waals surface area contributed by atoms with E-state index in [4.69, 9.17) is 5.73 Å². The lowest BCUT2D eigenvalue weighted by molar-refractivity contribution is 0.498. The Labute approximate surface area is 203 Å². The van der Waals surface area contributed by atoms with E-state index in [1.54, 1.807) is 17.1 Å². The maximum Gasteiger partial charge on any atom is 0.278 e. The Kier molecular flexibility index (Phi) is 6.10. The first-order chi connectivity index (χ1) is 17.0. The van der Waals surface area contributed by atoms with E-state index in [0.29, 0.717) is 36.2 Å². The summed E-state index contributed by atoms with van der Waals surface area (Å²) in [6.45, 7) is 6.37. The molecule has 5 rings (SSSR count). The van der Waals surface area contributed by atoms with E-state index in [-0.39, 0.29) is 11.6 Å². The number of hydrogen-bond donors (Lipinski definition) is 1. The zero-order chi connectivity index (χ0) is 24.5. The molecule has 0 bridgehead atoms. The Balaban J connectivity index is 1.66. The molecule has 1 aliphatic rings. The number of piperidine rings is 1. The number of nitrogens with zero attached hydrogens (tertiary/aromatic N) is 6. The molecule has 0 radical (unpaired) electrons. The molecule has 178 valence electrons. The van der Waals surface area contributed by atoms with Gasteiger partial charge in [0.25, 0.3) is 5.56 Å². The molecule has 0 aliphatic carbocycles. The fourth-order valence-electron chi connectivity index (χ4n) is 4.87. The minimum absolute atomic E-state index is 0.0391. The summed E-state index contributed by atoms with van der Waals surface area (Å²) in [5.74, 6) is 0.745. The van der Waals surface area contributed by atoms with Gasteiger partial charge in [0, 0.05) is 37.3 Å². The van der Waals surface area contributed by atoms with Crippen LogP contribution >= 0.6 is 0 Å². The van der Waals surface area contributed by atoms with Crippen LogP contribution in [-0.2, 0) is 13.1 Å². The molecule has 1 saturated heterocycles. The van der Waals surface area contributed by atoms with Crippen molar-refractivity contribution in [2.45, 2.75) is 45.8 Å². The summed E-state index contributed by atoms with van der Waals surface area (Å²) in [4.78, 5) is 24.9. The number of benzene rings is 1. The molecule has 1 aliphatic heterocycles. The van der Waals surface area contributed by atoms with E-state index in [1.165, 1.54) is 0 Å². The maximum absolute atomic E-state index is 13.8. The van der Waals surface area contributed by atoms with Crippen molar-refractivity contribution in [2.24, 2.45) is 5.73 Å². The van der Waals surface area contributed by atoms with Crippen LogP contribution in [0.5, 0.6) is 0 Å². The molecule has 0 saturated carbocycles. The summed E-state index contributed by atoms with van der Waals surface area (Å²) >= 11 is 0. The van der Waals surface area contributed by atoms with Crippen LogP contribution < -0.4 is 16.2 Å². The van der Waals surface area contributed by atoms with E-state index >= 15 is 0 Å². The number of pyridine rings is 1. The standard InChI is InChI=1S/C27H29N7O/c1-18(2)9-12-34-25-24(22(14-28)26(34)32-11-4-6-21(29)16-32)31-17-33(27(25)35)15-19-7-8-23-20(13-19)5-3-10-30-23/h3,5,7-10,13,17,21H,4,6,11-12,15-16,29H2,1-2H3/t21-/m0/s1. The fraction of sp³-hybridized carbons (Fsp3) is 0.333. The first-order valence-electron chi connectivity index (χ1n) is 12.0. The SMILES string of the molecule is CC(C)=CCn1c(N2CCC[C@H](N)C2)c(C#N)c2ncn(Cc3ccc4ncccc4c3)c(=O)c21. The Morgan fingerprint density at radius 3 is 2.91 bits per heavy atom. The van der Waals surface area contributed by atoms with Gasteiger partial charge in [-0.2, -0.15) is 5.26 Å². The number of allylic oxidation sites excluding steroid dienone is 2. The van der Waals surface area contributed by atoms with Gasteiger partial charge in [-0.15, -0.1) is 0 Å². The molecule has 2 N–H and O–H groups in total. The van der Waals surface area contributed by atoms with E-state index in [1.807, 2.05) is 48.7 Å². The summed E-state index contributed by atoms with van der Waals surface area (Å²) in [5.41, 5.74) is 10.5. The molecule has 0 unspecified atom stereocenters. The van der Waals surface area contributed by atoms with Crippen LogP contribution in [0, 0.1) is 11.3 Å². The van der Waals surface area contributed by atoms with Crippen LogP contribution in [0.3, 0.4) is 0 Å². The zero-order valence-electron chi connectivity index (χ0n) is 20.1. The quantitative estimate of drug-likeness (QED) is 0.450. The third-order valence-electron chi connectivity index (χ3n) is 6.57. The third kappa shape index (κ3) is 4.31. The largest absolute Gasteiger partial charge is 0.355 e. The first kappa shape index (κ1) is 22.8. The highest BCUT2D eigenvalue weighted by atomic mass is 16.1. The van der Waals surface area contributed by atoms with Gasteiger partial charge in [0.15, 0.2) is 0 Å². The molecular formula is C27H29N7O. The minimum atomic E-state index is -0.160. The second kappa shape index (κ2) is 9.35. The minimum Gasteiger partial charge on any atom is -0.355 e. The summed E-state index contributed by atoms with van der Waals surface area (Å²) in [6, 6.07) is 12.3. The molecule has 8 heteroatoms. The van der Waals surface area contributed by atoms with Gasteiger partial charge in [-0.05, 0) is 50.5 Å². The number of hydrogen-bond acceptors (Lipinski definition) is 6. The van der Waals surface area contributed by atoms with Gasteiger partial charge in [-0.3, -0.25) is 14.3 Å². The van der Waals surface area contributed by atoms with Crippen molar-refractivity contribution in [3.63, 3.8) is 0 Å². The molecule has 1 atom stereocenters. The van der Waals surface area contributed by atoms with Crippen LogP contribution in [0.2, 0.25) is 0 Å². The Morgan fingerprint density at radius 1 is 1.29 bits per heavy atom. The van der Waals surface area contributed by atoms with Gasteiger partial charge in [-0.1, -0.05) is 23.8 Å². The fourth-order valence-corrected chi connectivity index (χ4v) is 4.87. The lowest BCUT2D eigenvalue weighted by Crippen LogP contribution is -2.44. The predicted molar refractivity (Wildman–Crippen MR) is 138 cm³/mol. The lowest BCUT2D eigenvalue weighted by atomic mass is 10.1. The van der Waals surface area contributed by atoms with Crippen LogP contribution in [-0.4, -0.2) is 38.2 Å². The summed E-state index contributed by atoms with van der Waals surface area (Å²) in [7, 11) is 0. The Hall–Kier alpha value is -3.96. The normalized spacial score (nSPS) is 15.9. The van der Waals surface area contributed by atoms with Gasteiger partial charge in [-0.25, -0.2) is 4.98 Å². The van der Waals surface area contributed by atoms with Crippen LogP contribution in [0.15, 0.2) is 59.3 Å². The van der Waals surface area contributed by atoms with Crippen LogP contribution in [0.4, 0.5) is 5.82 Å². The average molecular weight is 468 g/mol. The van der Waals surface area contributed by atoms with E-state index in [9.17, 15) is 10.1 Å². The molecule has 3 aromatic heterocycles. The molecular weight excluding hydrogens is 438 g/mol. The molecule has 35 heavy (non-hydrogen) atoms. The van der Waals surface area contributed by atoms with E-state index in [0.717, 1.165) is 47.2 Å². The number of rotatable bonds is 5. The molecule has 0 spiro atoms. The predicted octanol–water partition coefficient (Wildman–Crippen LogP) is 3.56. The molecule has 8 nitrogen and oxygen atoms in total. The maximum atomic E-state index is 13.8. The van der Waals surface area contributed by atoms with Crippen molar-refractivity contribution in [2.75, 3.05) is 18.0 Å². The molecule has 1 aromatic carbocycles. The highest BCUT2D eigenvalue weighted by molar-refractivity contribution is 5.89. The highest BCUT2D eigenvalue weighted by Gasteiger charge is 2.28. The van der Waals surface area contributed by atoms with Crippen LogP contribution in [0.1, 0.15) is 37.8 Å². The van der Waals surface area contributed by atoms with Gasteiger partial charge in [0.2, 0.25) is 0 Å². The highest BCUT2D eigenvalue weighted by Crippen LogP contribution is 2.32. The number of nitriles is 1. The monoisotopic (exact) mass is 467 g/mol. The summed E-state index contributed by atoms with van der Waals surface area (Å²) in [5, 5.41) is 11.1. The number of fused-ring (bicyclic) bond motifs is 2. The molecule has 4 heterocycles. The smallest absolute Gasteiger partial charge is 0.278 e. The van der Waals surface area contributed by atoms with Gasteiger partial charge in [0.05, 0.1) is 18.4 Å². The topological polar surface area (TPSA) is 106 Å². The second-order valence-electron chi connectivity index (χ2n) is 9.46. The average Bonchev–Trinajstić information content (AvgIpc) is 3.18. The van der Waals surface area contributed by atoms with Gasteiger partial charge < -0.3 is 15.2 Å². The van der Waals surface area contributed by atoms with Gasteiger partial charge >= 0.3 is 0 Å². The van der Waals surface area contributed by atoms with E-state index in [2.05, 4.69) is 27.0 Å². The number of anilines is 1. The van der Waals surface area contributed by atoms with Gasteiger partial charge in [0.1, 0.15) is 28.5 Å². The van der Waals surface area contributed by atoms with Crippen molar-refractivity contribution in [1.29, 1.82) is 5.26 Å². The second-order valence-corrected chi connectivity index (χ2v) is 9.46. The molecule has 0 amide bonds. The van der Waals surface area contributed by atoms with Crippen molar-refractivity contribution in [3.8, 4) is 6.07 Å². The molecule has 1 fully saturated rings.